The van der Waals surface area contributed by atoms with E-state index in [0.717, 1.165) is 39.1 Å². The maximum absolute atomic E-state index is 5.61. The quantitative estimate of drug-likeness (QED) is 0.699. The maximum Gasteiger partial charge on any atom is 0.121 e. The fourth-order valence-electron chi connectivity index (χ4n) is 2.00. The minimum atomic E-state index is 0.236. The van der Waals surface area contributed by atoms with Gasteiger partial charge in [0.1, 0.15) is 12.4 Å². The fourth-order valence-corrected chi connectivity index (χ4v) is 2.00. The van der Waals surface area contributed by atoms with Crippen LogP contribution in [0.3, 0.4) is 0 Å². The van der Waals surface area contributed by atoms with Crippen molar-refractivity contribution in [3.63, 3.8) is 0 Å². The number of hydrogen-bond donors (Lipinski definition) is 0. The van der Waals surface area contributed by atoms with Crippen molar-refractivity contribution in [3.05, 3.63) is 12.0 Å². The summed E-state index contributed by atoms with van der Waals surface area (Å²) in [6.45, 7) is 4.33. The number of nitrogens with zero attached hydrogens (tertiary/aromatic N) is 1. The second kappa shape index (κ2) is 5.37. The van der Waals surface area contributed by atoms with Crippen LogP contribution < -0.4 is 0 Å². The van der Waals surface area contributed by atoms with Crippen molar-refractivity contribution in [2.45, 2.75) is 18.9 Å². The molecule has 0 saturated carbocycles. The SMILES string of the molecule is COCC1CCC(N2CCOCC2)=CO1. The summed E-state index contributed by atoms with van der Waals surface area (Å²) < 4.78 is 16.0. The Balaban J connectivity index is 1.83. The molecule has 2 aliphatic heterocycles. The third-order valence-corrected chi connectivity index (χ3v) is 2.89. The second-order valence-corrected chi connectivity index (χ2v) is 3.96. The molecule has 1 saturated heterocycles. The highest BCUT2D eigenvalue weighted by atomic mass is 16.5. The molecule has 0 bridgehead atoms. The van der Waals surface area contributed by atoms with E-state index in [9.17, 15) is 0 Å². The summed E-state index contributed by atoms with van der Waals surface area (Å²) in [7, 11) is 1.71. The molecule has 2 heterocycles. The molecule has 4 nitrogen and oxygen atoms in total. The lowest BCUT2D eigenvalue weighted by molar-refractivity contribution is 0.0171. The standard InChI is InChI=1S/C11H19NO3/c1-13-9-11-3-2-10(8-15-11)12-4-6-14-7-5-12/h8,11H,2-7,9H2,1H3. The molecule has 86 valence electrons. The summed E-state index contributed by atoms with van der Waals surface area (Å²) in [5.41, 5.74) is 1.31. The van der Waals surface area contributed by atoms with Gasteiger partial charge in [0, 0.05) is 25.9 Å². The van der Waals surface area contributed by atoms with E-state index >= 15 is 0 Å². The van der Waals surface area contributed by atoms with Crippen LogP contribution in [-0.4, -0.2) is 51.0 Å². The van der Waals surface area contributed by atoms with E-state index in [-0.39, 0.29) is 6.10 Å². The van der Waals surface area contributed by atoms with Crippen LogP contribution in [-0.2, 0) is 14.2 Å². The zero-order valence-electron chi connectivity index (χ0n) is 9.28. The molecule has 15 heavy (non-hydrogen) atoms. The monoisotopic (exact) mass is 213 g/mol. The minimum absolute atomic E-state index is 0.236. The van der Waals surface area contributed by atoms with E-state index in [4.69, 9.17) is 14.2 Å². The summed E-state index contributed by atoms with van der Waals surface area (Å²) in [5, 5.41) is 0. The molecule has 0 aromatic heterocycles. The first-order chi connectivity index (χ1) is 7.40. The number of hydrogen-bond acceptors (Lipinski definition) is 4. The molecule has 4 heteroatoms. The van der Waals surface area contributed by atoms with Gasteiger partial charge in [0.15, 0.2) is 0 Å². The summed E-state index contributed by atoms with van der Waals surface area (Å²) in [6, 6.07) is 0. The number of ether oxygens (including phenoxy) is 3. The van der Waals surface area contributed by atoms with Crippen molar-refractivity contribution in [2.75, 3.05) is 40.0 Å². The molecular formula is C11H19NO3. The second-order valence-electron chi connectivity index (χ2n) is 3.96. The van der Waals surface area contributed by atoms with Gasteiger partial charge in [-0.2, -0.15) is 0 Å². The Bertz CT molecular complexity index is 224. The molecule has 0 aliphatic carbocycles. The maximum atomic E-state index is 5.61. The zero-order chi connectivity index (χ0) is 10.5. The van der Waals surface area contributed by atoms with Crippen LogP contribution in [0.2, 0.25) is 0 Å². The van der Waals surface area contributed by atoms with Gasteiger partial charge < -0.3 is 19.1 Å². The third kappa shape index (κ3) is 2.86. The molecule has 2 rings (SSSR count). The summed E-state index contributed by atoms with van der Waals surface area (Å²) >= 11 is 0. The van der Waals surface area contributed by atoms with E-state index in [0.29, 0.717) is 6.61 Å². The first-order valence-electron chi connectivity index (χ1n) is 5.56. The van der Waals surface area contributed by atoms with Crippen LogP contribution in [0.1, 0.15) is 12.8 Å². The highest BCUT2D eigenvalue weighted by Crippen LogP contribution is 2.21. The van der Waals surface area contributed by atoms with Gasteiger partial charge in [-0.1, -0.05) is 0 Å². The topological polar surface area (TPSA) is 30.9 Å². The number of rotatable bonds is 3. The predicted molar refractivity (Wildman–Crippen MR) is 56.5 cm³/mol. The van der Waals surface area contributed by atoms with E-state index in [2.05, 4.69) is 4.90 Å². The molecule has 0 amide bonds. The average Bonchev–Trinajstić information content (AvgIpc) is 2.32. The van der Waals surface area contributed by atoms with E-state index < -0.39 is 0 Å². The highest BCUT2D eigenvalue weighted by Gasteiger charge is 2.20. The van der Waals surface area contributed by atoms with E-state index in [1.807, 2.05) is 6.26 Å². The van der Waals surface area contributed by atoms with Crippen LogP contribution in [0.5, 0.6) is 0 Å². The Kier molecular flexibility index (Phi) is 3.86. The van der Waals surface area contributed by atoms with Gasteiger partial charge in [0.25, 0.3) is 0 Å². The normalized spacial score (nSPS) is 27.1. The van der Waals surface area contributed by atoms with Gasteiger partial charge in [-0.25, -0.2) is 0 Å². The molecule has 0 aromatic carbocycles. The Hall–Kier alpha value is -0.740. The zero-order valence-corrected chi connectivity index (χ0v) is 9.28. The van der Waals surface area contributed by atoms with Gasteiger partial charge in [-0.3, -0.25) is 0 Å². The van der Waals surface area contributed by atoms with Crippen molar-refractivity contribution >= 4 is 0 Å². The van der Waals surface area contributed by atoms with Gasteiger partial charge in [-0.05, 0) is 12.8 Å². The van der Waals surface area contributed by atoms with Gasteiger partial charge in [0.2, 0.25) is 0 Å². The van der Waals surface area contributed by atoms with Crippen LogP contribution in [0.25, 0.3) is 0 Å². The number of methoxy groups -OCH3 is 1. The summed E-state index contributed by atoms with van der Waals surface area (Å²) in [4.78, 5) is 2.35. The lowest BCUT2D eigenvalue weighted by Crippen LogP contribution is -2.37. The van der Waals surface area contributed by atoms with E-state index in [1.54, 1.807) is 7.11 Å². The Morgan fingerprint density at radius 3 is 2.87 bits per heavy atom. The molecule has 1 fully saturated rings. The lowest BCUT2D eigenvalue weighted by Gasteiger charge is -2.33. The van der Waals surface area contributed by atoms with Gasteiger partial charge in [-0.15, -0.1) is 0 Å². The Labute approximate surface area is 90.8 Å². The van der Waals surface area contributed by atoms with Gasteiger partial charge >= 0.3 is 0 Å². The molecule has 0 aromatic rings. The van der Waals surface area contributed by atoms with Gasteiger partial charge in [0.05, 0.1) is 19.8 Å². The van der Waals surface area contributed by atoms with Crippen LogP contribution in [0.15, 0.2) is 12.0 Å². The minimum Gasteiger partial charge on any atom is -0.494 e. The first-order valence-corrected chi connectivity index (χ1v) is 5.56. The first kappa shape index (κ1) is 10.8. The number of allylic oxidation sites excluding steroid dienone is 1. The van der Waals surface area contributed by atoms with Crippen LogP contribution in [0.4, 0.5) is 0 Å². The van der Waals surface area contributed by atoms with Crippen molar-refractivity contribution in [3.8, 4) is 0 Å². The van der Waals surface area contributed by atoms with Crippen molar-refractivity contribution in [2.24, 2.45) is 0 Å². The predicted octanol–water partition coefficient (Wildman–Crippen LogP) is 0.985. The smallest absolute Gasteiger partial charge is 0.121 e. The lowest BCUT2D eigenvalue weighted by atomic mass is 10.1. The van der Waals surface area contributed by atoms with Crippen LogP contribution >= 0.6 is 0 Å². The molecule has 1 atom stereocenters. The number of morpholine rings is 1. The van der Waals surface area contributed by atoms with E-state index in [1.165, 1.54) is 5.70 Å². The Morgan fingerprint density at radius 2 is 2.27 bits per heavy atom. The molecular weight excluding hydrogens is 194 g/mol. The molecule has 2 aliphatic rings. The molecule has 0 N–H and O–H groups in total. The van der Waals surface area contributed by atoms with Crippen molar-refractivity contribution in [1.82, 2.24) is 4.90 Å². The van der Waals surface area contributed by atoms with Crippen molar-refractivity contribution in [1.29, 1.82) is 0 Å². The molecule has 0 spiro atoms. The largest absolute Gasteiger partial charge is 0.494 e. The fraction of sp³-hybridized carbons (Fsp3) is 0.818. The summed E-state index contributed by atoms with van der Waals surface area (Å²) in [6.07, 6.45) is 4.28. The molecule has 1 unspecified atom stereocenters. The average molecular weight is 213 g/mol. The summed E-state index contributed by atoms with van der Waals surface area (Å²) in [5.74, 6) is 0. The molecule has 0 radical (unpaired) electrons. The third-order valence-electron chi connectivity index (χ3n) is 2.89. The highest BCUT2D eigenvalue weighted by molar-refractivity contribution is 5.02. The Morgan fingerprint density at radius 1 is 1.47 bits per heavy atom. The van der Waals surface area contributed by atoms with Crippen LogP contribution in [0, 0.1) is 0 Å². The van der Waals surface area contributed by atoms with Crippen molar-refractivity contribution < 1.29 is 14.2 Å².